The van der Waals surface area contributed by atoms with E-state index in [9.17, 15) is 9.59 Å². The van der Waals surface area contributed by atoms with Crippen LogP contribution in [0.5, 0.6) is 0 Å². The fraction of sp³-hybridized carbons (Fsp3) is 0.467. The van der Waals surface area contributed by atoms with E-state index in [0.717, 1.165) is 0 Å². The van der Waals surface area contributed by atoms with Crippen molar-refractivity contribution < 1.29 is 14.7 Å². The zero-order valence-corrected chi connectivity index (χ0v) is 13.9. The molecule has 1 amide bonds. The molecule has 1 rings (SSSR count). The van der Waals surface area contributed by atoms with Gasteiger partial charge < -0.3 is 21.5 Å². The smallest absolute Gasteiger partial charge is 0.305 e. The highest BCUT2D eigenvalue weighted by Crippen LogP contribution is 2.32. The summed E-state index contributed by atoms with van der Waals surface area (Å²) in [5.41, 5.74) is 6.79. The maximum absolute atomic E-state index is 11.7. The highest BCUT2D eigenvalue weighted by atomic mass is 35.5. The van der Waals surface area contributed by atoms with Crippen LogP contribution in [0.2, 0.25) is 5.02 Å². The number of benzene rings is 1. The zero-order valence-electron chi connectivity index (χ0n) is 13.2. The van der Waals surface area contributed by atoms with E-state index < -0.39 is 5.97 Å². The summed E-state index contributed by atoms with van der Waals surface area (Å²) in [6.07, 6.45) is -0.0578. The summed E-state index contributed by atoms with van der Waals surface area (Å²) in [5.74, 6) is -1.24. The summed E-state index contributed by atoms with van der Waals surface area (Å²) >= 11 is 6.11. The van der Waals surface area contributed by atoms with Gasteiger partial charge in [-0.15, -0.1) is 0 Å². The van der Waals surface area contributed by atoms with Gasteiger partial charge in [-0.2, -0.15) is 0 Å². The van der Waals surface area contributed by atoms with Gasteiger partial charge in [-0.3, -0.25) is 9.59 Å². The molecule has 5 N–H and O–H groups in total. The number of carbonyl (C=O) groups excluding carboxylic acids is 1. The zero-order chi connectivity index (χ0) is 17.1. The number of anilines is 2. The van der Waals surface area contributed by atoms with Crippen molar-refractivity contribution in [2.24, 2.45) is 5.41 Å². The van der Waals surface area contributed by atoms with Crippen molar-refractivity contribution >= 4 is 34.9 Å². The predicted octanol–water partition coefficient (Wildman–Crippen LogP) is 2.58. The second kappa shape index (κ2) is 6.87. The monoisotopic (exact) mass is 327 g/mol. The standard InChI is InChI=1S/C15H22ClN3O3/c1-15(2,3)12(7-13(20)21)19-11-6-9(16)8(5-10(11)17)14(22)18-4/h5-6,12,19H,7,17H2,1-4H3,(H,18,22)(H,20,21)/t12-/m1/s1. The Hall–Kier alpha value is -1.95. The normalized spacial score (nSPS) is 12.6. The van der Waals surface area contributed by atoms with Gasteiger partial charge in [-0.05, 0) is 17.5 Å². The largest absolute Gasteiger partial charge is 0.481 e. The number of carbonyl (C=O) groups is 2. The number of nitrogens with two attached hydrogens (primary N) is 1. The molecule has 0 fully saturated rings. The molecule has 0 spiro atoms. The van der Waals surface area contributed by atoms with Crippen LogP contribution in [-0.2, 0) is 4.79 Å². The Balaban J connectivity index is 3.13. The average Bonchev–Trinajstić information content (AvgIpc) is 2.39. The Morgan fingerprint density at radius 2 is 1.95 bits per heavy atom. The van der Waals surface area contributed by atoms with Crippen molar-refractivity contribution in [2.75, 3.05) is 18.1 Å². The molecule has 0 aliphatic rings. The van der Waals surface area contributed by atoms with Crippen molar-refractivity contribution in [3.8, 4) is 0 Å². The maximum Gasteiger partial charge on any atom is 0.305 e. The second-order valence-corrected chi connectivity index (χ2v) is 6.57. The molecule has 1 aromatic rings. The summed E-state index contributed by atoms with van der Waals surface area (Å²) < 4.78 is 0. The number of rotatable bonds is 5. The topological polar surface area (TPSA) is 104 Å². The summed E-state index contributed by atoms with van der Waals surface area (Å²) in [6.45, 7) is 5.80. The molecular weight excluding hydrogens is 306 g/mol. The van der Waals surface area contributed by atoms with E-state index in [1.807, 2.05) is 20.8 Å². The minimum atomic E-state index is -0.904. The van der Waals surface area contributed by atoms with Gasteiger partial charge in [0, 0.05) is 13.1 Å². The van der Waals surface area contributed by atoms with Gasteiger partial charge in [0.25, 0.3) is 5.91 Å². The molecule has 0 saturated carbocycles. The number of nitrogens with one attached hydrogen (secondary N) is 2. The Kier molecular flexibility index (Phi) is 5.65. The molecule has 6 nitrogen and oxygen atoms in total. The number of hydrogen-bond acceptors (Lipinski definition) is 4. The van der Waals surface area contributed by atoms with Crippen LogP contribution in [0.4, 0.5) is 11.4 Å². The summed E-state index contributed by atoms with van der Waals surface area (Å²) in [7, 11) is 1.50. The molecule has 0 saturated heterocycles. The van der Waals surface area contributed by atoms with Crippen molar-refractivity contribution in [2.45, 2.75) is 33.2 Å². The van der Waals surface area contributed by atoms with E-state index in [-0.39, 0.29) is 34.4 Å². The molecule has 1 aromatic carbocycles. The van der Waals surface area contributed by atoms with Crippen LogP contribution < -0.4 is 16.4 Å². The first-order valence-electron chi connectivity index (χ1n) is 6.85. The number of halogens is 1. The third kappa shape index (κ3) is 4.53. The molecule has 0 heterocycles. The first kappa shape index (κ1) is 18.1. The van der Waals surface area contributed by atoms with Crippen molar-refractivity contribution in [1.29, 1.82) is 0 Å². The first-order chi connectivity index (χ1) is 10.1. The van der Waals surface area contributed by atoms with E-state index in [4.69, 9.17) is 22.4 Å². The number of hydrogen-bond donors (Lipinski definition) is 4. The van der Waals surface area contributed by atoms with Gasteiger partial charge in [0.05, 0.1) is 28.4 Å². The Morgan fingerprint density at radius 1 is 1.36 bits per heavy atom. The van der Waals surface area contributed by atoms with Crippen LogP contribution >= 0.6 is 11.6 Å². The molecule has 22 heavy (non-hydrogen) atoms. The van der Waals surface area contributed by atoms with E-state index in [0.29, 0.717) is 11.4 Å². The molecule has 1 atom stereocenters. The molecule has 122 valence electrons. The molecule has 0 unspecified atom stereocenters. The van der Waals surface area contributed by atoms with E-state index in [1.54, 1.807) is 6.07 Å². The maximum atomic E-state index is 11.7. The third-order valence-corrected chi connectivity index (χ3v) is 3.68. The van der Waals surface area contributed by atoms with Crippen LogP contribution in [0.25, 0.3) is 0 Å². The van der Waals surface area contributed by atoms with E-state index in [1.165, 1.54) is 13.1 Å². The van der Waals surface area contributed by atoms with Crippen LogP contribution in [0, 0.1) is 5.41 Å². The van der Waals surface area contributed by atoms with Gasteiger partial charge in [-0.25, -0.2) is 0 Å². The quantitative estimate of drug-likeness (QED) is 0.622. The molecule has 0 bridgehead atoms. The van der Waals surface area contributed by atoms with Crippen molar-refractivity contribution in [3.05, 3.63) is 22.7 Å². The van der Waals surface area contributed by atoms with Gasteiger partial charge in [0.2, 0.25) is 0 Å². The molecule has 0 aliphatic heterocycles. The first-order valence-corrected chi connectivity index (χ1v) is 7.23. The van der Waals surface area contributed by atoms with Crippen molar-refractivity contribution in [3.63, 3.8) is 0 Å². The highest BCUT2D eigenvalue weighted by Gasteiger charge is 2.27. The fourth-order valence-electron chi connectivity index (χ4n) is 1.96. The Morgan fingerprint density at radius 3 is 2.41 bits per heavy atom. The number of amides is 1. The molecule has 0 aromatic heterocycles. The van der Waals surface area contributed by atoms with Gasteiger partial charge in [-0.1, -0.05) is 32.4 Å². The summed E-state index contributed by atoms with van der Waals surface area (Å²) in [6, 6.07) is 2.68. The molecule has 0 radical (unpaired) electrons. The number of nitrogen functional groups attached to an aromatic ring is 1. The lowest BCUT2D eigenvalue weighted by molar-refractivity contribution is -0.137. The van der Waals surface area contributed by atoms with E-state index in [2.05, 4.69) is 10.6 Å². The van der Waals surface area contributed by atoms with Crippen LogP contribution in [0.1, 0.15) is 37.6 Å². The van der Waals surface area contributed by atoms with Crippen LogP contribution in [0.3, 0.4) is 0 Å². The number of aliphatic carboxylic acids is 1. The lowest BCUT2D eigenvalue weighted by atomic mass is 9.84. The highest BCUT2D eigenvalue weighted by molar-refractivity contribution is 6.34. The molecule has 0 aliphatic carbocycles. The average molecular weight is 328 g/mol. The Labute approximate surface area is 135 Å². The second-order valence-electron chi connectivity index (χ2n) is 6.16. The van der Waals surface area contributed by atoms with Crippen molar-refractivity contribution in [1.82, 2.24) is 5.32 Å². The van der Waals surface area contributed by atoms with Gasteiger partial charge in [0.15, 0.2) is 0 Å². The third-order valence-electron chi connectivity index (χ3n) is 3.36. The van der Waals surface area contributed by atoms with E-state index >= 15 is 0 Å². The summed E-state index contributed by atoms with van der Waals surface area (Å²) in [5, 5.41) is 14.9. The minimum absolute atomic E-state index is 0.0578. The SMILES string of the molecule is CNC(=O)c1cc(N)c(N[C@H](CC(=O)O)C(C)(C)C)cc1Cl. The molecule has 7 heteroatoms. The predicted molar refractivity (Wildman–Crippen MR) is 88.4 cm³/mol. The number of carboxylic acids is 1. The van der Waals surface area contributed by atoms with Gasteiger partial charge in [0.1, 0.15) is 0 Å². The van der Waals surface area contributed by atoms with Crippen LogP contribution in [0.15, 0.2) is 12.1 Å². The van der Waals surface area contributed by atoms with Crippen LogP contribution in [-0.4, -0.2) is 30.1 Å². The summed E-state index contributed by atoms with van der Waals surface area (Å²) in [4.78, 5) is 22.7. The molecular formula is C15H22ClN3O3. The lowest BCUT2D eigenvalue weighted by Crippen LogP contribution is -2.36. The van der Waals surface area contributed by atoms with Gasteiger partial charge >= 0.3 is 5.97 Å². The Bertz CT molecular complexity index is 582. The lowest BCUT2D eigenvalue weighted by Gasteiger charge is -2.31. The minimum Gasteiger partial charge on any atom is -0.481 e. The fourth-order valence-corrected chi connectivity index (χ4v) is 2.21. The number of carboxylic acid groups (broad SMARTS) is 1.